The van der Waals surface area contributed by atoms with Crippen LogP contribution in [0.5, 0.6) is 5.75 Å². The maximum Gasteiger partial charge on any atom is 0.418 e. The molecular weight excluding hydrogens is 389 g/mol. The molecule has 1 unspecified atom stereocenters. The van der Waals surface area contributed by atoms with Crippen LogP contribution in [0.1, 0.15) is 28.9 Å². The van der Waals surface area contributed by atoms with Gasteiger partial charge in [0.15, 0.2) is 0 Å². The number of primary amides is 1. The van der Waals surface area contributed by atoms with E-state index in [0.29, 0.717) is 25.1 Å². The summed E-state index contributed by atoms with van der Waals surface area (Å²) in [4.78, 5) is 29.0. The first-order valence-corrected chi connectivity index (χ1v) is 8.88. The van der Waals surface area contributed by atoms with Crippen LogP contribution < -0.4 is 15.8 Å². The van der Waals surface area contributed by atoms with Crippen molar-refractivity contribution in [2.45, 2.75) is 25.1 Å². The van der Waals surface area contributed by atoms with Gasteiger partial charge >= 0.3 is 12.2 Å². The second-order valence-electron chi connectivity index (χ2n) is 6.54. The molecule has 3 amide bonds. The van der Waals surface area contributed by atoms with Crippen molar-refractivity contribution in [3.63, 3.8) is 0 Å². The maximum absolute atomic E-state index is 13.1. The second kappa shape index (κ2) is 8.38. The molecule has 1 aliphatic heterocycles. The molecule has 0 aliphatic carbocycles. The molecule has 2 heterocycles. The number of halogens is 3. The molecule has 1 atom stereocenters. The summed E-state index contributed by atoms with van der Waals surface area (Å²) in [7, 11) is 0. The molecule has 0 radical (unpaired) electrons. The van der Waals surface area contributed by atoms with Crippen molar-refractivity contribution in [1.82, 2.24) is 9.88 Å². The normalized spacial score (nSPS) is 16.9. The van der Waals surface area contributed by atoms with Crippen LogP contribution in [-0.2, 0) is 6.18 Å². The first-order valence-electron chi connectivity index (χ1n) is 8.88. The number of para-hydroxylation sites is 1. The highest BCUT2D eigenvalue weighted by Crippen LogP contribution is 2.34. The molecule has 1 saturated heterocycles. The van der Waals surface area contributed by atoms with Crippen LogP contribution in [0.2, 0.25) is 0 Å². The van der Waals surface area contributed by atoms with Crippen LogP contribution in [0, 0.1) is 0 Å². The molecule has 1 fully saturated rings. The van der Waals surface area contributed by atoms with E-state index in [9.17, 15) is 22.8 Å². The Balaban J connectivity index is 1.66. The molecular formula is C19H19F3N4O3. The molecule has 10 heteroatoms. The van der Waals surface area contributed by atoms with E-state index in [1.165, 1.54) is 35.4 Å². The number of carbonyl (C=O) groups excluding carboxylic acids is 2. The van der Waals surface area contributed by atoms with E-state index in [4.69, 9.17) is 10.5 Å². The smallest absolute Gasteiger partial charge is 0.418 e. The lowest BCUT2D eigenvalue weighted by Crippen LogP contribution is -2.46. The van der Waals surface area contributed by atoms with Crippen LogP contribution in [0.25, 0.3) is 0 Å². The van der Waals surface area contributed by atoms with Crippen molar-refractivity contribution in [3.05, 3.63) is 53.9 Å². The van der Waals surface area contributed by atoms with Crippen molar-refractivity contribution in [1.29, 1.82) is 0 Å². The van der Waals surface area contributed by atoms with E-state index in [0.717, 1.165) is 6.07 Å². The molecule has 154 valence electrons. The Hall–Kier alpha value is -3.30. The summed E-state index contributed by atoms with van der Waals surface area (Å²) >= 11 is 0. The predicted octanol–water partition coefficient (Wildman–Crippen LogP) is 3.27. The van der Waals surface area contributed by atoms with Gasteiger partial charge in [0.25, 0.3) is 5.91 Å². The van der Waals surface area contributed by atoms with Gasteiger partial charge in [-0.25, -0.2) is 4.79 Å². The summed E-state index contributed by atoms with van der Waals surface area (Å²) in [6.07, 6.45) is -2.30. The Morgan fingerprint density at radius 2 is 2.00 bits per heavy atom. The number of urea groups is 1. The third kappa shape index (κ3) is 5.15. The number of nitrogens with zero attached hydrogens (tertiary/aromatic N) is 2. The van der Waals surface area contributed by atoms with Gasteiger partial charge in [-0.15, -0.1) is 0 Å². The number of nitrogens with two attached hydrogens (primary N) is 1. The minimum atomic E-state index is -4.57. The molecule has 1 aliphatic rings. The topological polar surface area (TPSA) is 97.6 Å². The molecule has 0 bridgehead atoms. The molecule has 29 heavy (non-hydrogen) atoms. The summed E-state index contributed by atoms with van der Waals surface area (Å²) < 4.78 is 45.1. The lowest BCUT2D eigenvalue weighted by molar-refractivity contribution is -0.136. The zero-order valence-corrected chi connectivity index (χ0v) is 15.3. The van der Waals surface area contributed by atoms with E-state index in [1.807, 2.05) is 0 Å². The molecule has 0 spiro atoms. The fraction of sp³-hybridized carbons (Fsp3) is 0.316. The Morgan fingerprint density at radius 3 is 2.72 bits per heavy atom. The van der Waals surface area contributed by atoms with Gasteiger partial charge in [-0.1, -0.05) is 12.1 Å². The SMILES string of the molecule is NC(=O)c1cc(OC2CCCN(C(=O)Nc3ccccc3C(F)(F)F)C2)ccn1. The summed E-state index contributed by atoms with van der Waals surface area (Å²) in [5.74, 6) is -0.313. The van der Waals surface area contributed by atoms with E-state index in [-0.39, 0.29) is 24.0 Å². The fourth-order valence-corrected chi connectivity index (χ4v) is 3.06. The van der Waals surface area contributed by atoms with Crippen LogP contribution in [0.4, 0.5) is 23.7 Å². The predicted molar refractivity (Wildman–Crippen MR) is 98.4 cm³/mol. The van der Waals surface area contributed by atoms with E-state index in [2.05, 4.69) is 10.3 Å². The summed E-state index contributed by atoms with van der Waals surface area (Å²) in [5.41, 5.74) is 4.04. The highest BCUT2D eigenvalue weighted by Gasteiger charge is 2.34. The van der Waals surface area contributed by atoms with Gasteiger partial charge in [0.2, 0.25) is 0 Å². The molecule has 1 aromatic carbocycles. The lowest BCUT2D eigenvalue weighted by Gasteiger charge is -2.33. The zero-order valence-electron chi connectivity index (χ0n) is 15.3. The molecule has 2 aromatic rings. The number of amides is 3. The number of aromatic nitrogens is 1. The average molecular weight is 408 g/mol. The highest BCUT2D eigenvalue weighted by molar-refractivity contribution is 5.91. The minimum Gasteiger partial charge on any atom is -0.488 e. The van der Waals surface area contributed by atoms with Gasteiger partial charge in [-0.3, -0.25) is 9.78 Å². The van der Waals surface area contributed by atoms with Gasteiger partial charge in [-0.2, -0.15) is 13.2 Å². The number of hydrogen-bond donors (Lipinski definition) is 2. The number of benzene rings is 1. The van der Waals surface area contributed by atoms with Crippen molar-refractivity contribution >= 4 is 17.6 Å². The number of pyridine rings is 1. The minimum absolute atomic E-state index is 0.0525. The molecule has 7 nitrogen and oxygen atoms in total. The van der Waals surface area contributed by atoms with Crippen molar-refractivity contribution < 1.29 is 27.5 Å². The third-order valence-corrected chi connectivity index (χ3v) is 4.43. The summed E-state index contributed by atoms with van der Waals surface area (Å²) in [5, 5.41) is 2.34. The van der Waals surface area contributed by atoms with Gasteiger partial charge in [-0.05, 0) is 31.0 Å². The monoisotopic (exact) mass is 408 g/mol. The number of piperidine rings is 1. The first-order chi connectivity index (χ1) is 13.7. The highest BCUT2D eigenvalue weighted by atomic mass is 19.4. The number of rotatable bonds is 4. The third-order valence-electron chi connectivity index (χ3n) is 4.43. The van der Waals surface area contributed by atoms with Crippen molar-refractivity contribution in [3.8, 4) is 5.75 Å². The summed E-state index contributed by atoms with van der Waals surface area (Å²) in [6.45, 7) is 0.580. The van der Waals surface area contributed by atoms with E-state index in [1.54, 1.807) is 6.07 Å². The fourth-order valence-electron chi connectivity index (χ4n) is 3.06. The Labute approximate surface area is 164 Å². The molecule has 3 rings (SSSR count). The second-order valence-corrected chi connectivity index (χ2v) is 6.54. The van der Waals surface area contributed by atoms with Crippen LogP contribution >= 0.6 is 0 Å². The number of carbonyl (C=O) groups is 2. The quantitative estimate of drug-likeness (QED) is 0.811. The number of alkyl halides is 3. The van der Waals surface area contributed by atoms with Crippen molar-refractivity contribution in [2.75, 3.05) is 18.4 Å². The maximum atomic E-state index is 13.1. The number of ether oxygens (including phenoxy) is 1. The Bertz CT molecular complexity index is 904. The van der Waals surface area contributed by atoms with E-state index < -0.39 is 23.7 Å². The van der Waals surface area contributed by atoms with Crippen LogP contribution in [0.15, 0.2) is 42.6 Å². The number of nitrogens with one attached hydrogen (secondary N) is 1. The van der Waals surface area contributed by atoms with Gasteiger partial charge in [0.1, 0.15) is 17.5 Å². The Kier molecular flexibility index (Phi) is 5.90. The van der Waals surface area contributed by atoms with Gasteiger partial charge in [0.05, 0.1) is 17.8 Å². The first kappa shape index (κ1) is 20.4. The number of anilines is 1. The zero-order chi connectivity index (χ0) is 21.0. The number of hydrogen-bond acceptors (Lipinski definition) is 4. The Morgan fingerprint density at radius 1 is 1.24 bits per heavy atom. The average Bonchev–Trinajstić information content (AvgIpc) is 2.68. The van der Waals surface area contributed by atoms with Gasteiger partial charge in [0, 0.05) is 18.8 Å². The molecule has 1 aromatic heterocycles. The molecule has 0 saturated carbocycles. The standard InChI is InChI=1S/C19H19F3N4O3/c20-19(21,22)14-5-1-2-6-15(14)25-18(28)26-9-3-4-13(11-26)29-12-7-8-24-16(10-12)17(23)27/h1-2,5-8,10,13H,3-4,9,11H2,(H2,23,27)(H,25,28). The van der Waals surface area contributed by atoms with Crippen LogP contribution in [-0.4, -0.2) is 41.0 Å². The van der Waals surface area contributed by atoms with Crippen LogP contribution in [0.3, 0.4) is 0 Å². The number of likely N-dealkylation sites (tertiary alicyclic amines) is 1. The largest absolute Gasteiger partial charge is 0.488 e. The van der Waals surface area contributed by atoms with Crippen molar-refractivity contribution in [2.24, 2.45) is 5.73 Å². The van der Waals surface area contributed by atoms with E-state index >= 15 is 0 Å². The summed E-state index contributed by atoms with van der Waals surface area (Å²) in [6, 6.07) is 7.14. The van der Waals surface area contributed by atoms with Gasteiger partial charge < -0.3 is 20.7 Å². The molecule has 3 N–H and O–H groups in total. The lowest BCUT2D eigenvalue weighted by atomic mass is 10.1.